The summed E-state index contributed by atoms with van der Waals surface area (Å²) in [7, 11) is -0.493. The fourth-order valence-electron chi connectivity index (χ4n) is 1.30. The Bertz CT molecular complexity index is 633. The number of methoxy groups -OCH3 is 1. The zero-order valence-electron chi connectivity index (χ0n) is 9.86. The van der Waals surface area contributed by atoms with Gasteiger partial charge in [-0.1, -0.05) is 0 Å². The van der Waals surface area contributed by atoms with Gasteiger partial charge in [0.15, 0.2) is 5.03 Å². The number of hydrogen-bond donors (Lipinski definition) is 1. The number of sulfonamides is 1. The maximum absolute atomic E-state index is 11.9. The fourth-order valence-corrected chi connectivity index (χ4v) is 2.32. The molecule has 0 atom stereocenters. The maximum atomic E-state index is 11.9. The van der Waals surface area contributed by atoms with Crippen molar-refractivity contribution in [3.63, 3.8) is 0 Å². The van der Waals surface area contributed by atoms with Gasteiger partial charge in [-0.05, 0) is 6.07 Å². The van der Waals surface area contributed by atoms with Crippen molar-refractivity contribution in [1.82, 2.24) is 14.5 Å². The maximum Gasteiger partial charge on any atom is 0.280 e. The van der Waals surface area contributed by atoms with Crippen LogP contribution in [0, 0.1) is 0 Å². The average Bonchev–Trinajstić information content (AvgIpc) is 2.77. The molecule has 0 bridgehead atoms. The van der Waals surface area contributed by atoms with Crippen molar-refractivity contribution in [2.45, 2.75) is 5.03 Å². The molecule has 2 aromatic heterocycles. The normalized spacial score (nSPS) is 11.2. The summed E-state index contributed by atoms with van der Waals surface area (Å²) in [6.07, 6.45) is 4.21. The molecule has 0 saturated heterocycles. The van der Waals surface area contributed by atoms with E-state index in [1.807, 2.05) is 0 Å². The summed E-state index contributed by atoms with van der Waals surface area (Å²) >= 11 is 0. The molecule has 0 unspecified atom stereocenters. The highest BCUT2D eigenvalue weighted by Crippen LogP contribution is 2.15. The summed E-state index contributed by atoms with van der Waals surface area (Å²) in [5, 5.41) is -0.0409. The molecule has 2 heterocycles. The number of pyridine rings is 1. The Balaban J connectivity index is 2.22. The van der Waals surface area contributed by atoms with Crippen molar-refractivity contribution in [3.8, 4) is 5.88 Å². The van der Waals surface area contributed by atoms with E-state index >= 15 is 0 Å². The van der Waals surface area contributed by atoms with Crippen LogP contribution < -0.4 is 9.46 Å². The van der Waals surface area contributed by atoms with Crippen LogP contribution in [0.25, 0.3) is 0 Å². The average molecular weight is 268 g/mol. The zero-order valence-corrected chi connectivity index (χ0v) is 10.7. The lowest BCUT2D eigenvalue weighted by atomic mass is 10.4. The third kappa shape index (κ3) is 2.59. The van der Waals surface area contributed by atoms with Crippen LogP contribution in [0.3, 0.4) is 0 Å². The summed E-state index contributed by atoms with van der Waals surface area (Å²) in [5.74, 6) is 0.413. The van der Waals surface area contributed by atoms with Crippen LogP contribution in [0.5, 0.6) is 5.88 Å². The Morgan fingerprint density at radius 1 is 1.33 bits per heavy atom. The number of ether oxygens (including phenoxy) is 1. The highest BCUT2D eigenvalue weighted by Gasteiger charge is 2.17. The second kappa shape index (κ2) is 4.65. The van der Waals surface area contributed by atoms with Crippen molar-refractivity contribution in [2.75, 3.05) is 11.8 Å². The molecule has 96 valence electrons. The van der Waals surface area contributed by atoms with Gasteiger partial charge in [-0.15, -0.1) is 0 Å². The molecule has 18 heavy (non-hydrogen) atoms. The Kier molecular flexibility index (Phi) is 3.19. The van der Waals surface area contributed by atoms with E-state index in [2.05, 4.69) is 14.7 Å². The van der Waals surface area contributed by atoms with E-state index in [1.54, 1.807) is 23.7 Å². The quantitative estimate of drug-likeness (QED) is 0.878. The first-order chi connectivity index (χ1) is 8.51. The lowest BCUT2D eigenvalue weighted by Crippen LogP contribution is -2.13. The lowest BCUT2D eigenvalue weighted by Gasteiger charge is -2.05. The fraction of sp³-hybridized carbons (Fsp3) is 0.200. The minimum Gasteiger partial charge on any atom is -0.481 e. The number of nitrogens with one attached hydrogen (secondary N) is 1. The number of imidazole rings is 1. The molecule has 0 radical (unpaired) electrons. The van der Waals surface area contributed by atoms with E-state index in [-0.39, 0.29) is 5.03 Å². The van der Waals surface area contributed by atoms with E-state index in [0.29, 0.717) is 11.6 Å². The number of aromatic nitrogens is 3. The van der Waals surface area contributed by atoms with Gasteiger partial charge >= 0.3 is 0 Å². The van der Waals surface area contributed by atoms with Gasteiger partial charge in [0, 0.05) is 19.3 Å². The largest absolute Gasteiger partial charge is 0.481 e. The Labute approximate surface area is 105 Å². The first-order valence-corrected chi connectivity index (χ1v) is 6.50. The monoisotopic (exact) mass is 268 g/mol. The molecular weight excluding hydrogens is 256 g/mol. The summed E-state index contributed by atoms with van der Waals surface area (Å²) in [5.41, 5.74) is 0.349. The molecule has 0 aliphatic heterocycles. The summed E-state index contributed by atoms with van der Waals surface area (Å²) < 4.78 is 32.7. The van der Waals surface area contributed by atoms with Crippen molar-refractivity contribution in [1.29, 1.82) is 0 Å². The standard InChI is InChI=1S/C10H12N4O3S/c1-14-6-10(12-7-14)18(15,16)13-8-3-4-9(17-2)11-5-8/h3-7,13H,1-2H3. The smallest absolute Gasteiger partial charge is 0.280 e. The van der Waals surface area contributed by atoms with Gasteiger partial charge in [0.25, 0.3) is 10.0 Å². The number of aryl methyl sites for hydroxylation is 1. The second-order valence-corrected chi connectivity index (χ2v) is 5.20. The van der Waals surface area contributed by atoms with Gasteiger partial charge in [-0.2, -0.15) is 8.42 Å². The van der Waals surface area contributed by atoms with Crippen LogP contribution >= 0.6 is 0 Å². The van der Waals surface area contributed by atoms with Gasteiger partial charge in [0.05, 0.1) is 25.3 Å². The SMILES string of the molecule is COc1ccc(NS(=O)(=O)c2cn(C)cn2)cn1. The zero-order chi connectivity index (χ0) is 13.2. The summed E-state index contributed by atoms with van der Waals surface area (Å²) in [4.78, 5) is 7.69. The first-order valence-electron chi connectivity index (χ1n) is 5.02. The molecule has 2 aromatic rings. The third-order valence-corrected chi connectivity index (χ3v) is 3.42. The van der Waals surface area contributed by atoms with Crippen molar-refractivity contribution >= 4 is 15.7 Å². The van der Waals surface area contributed by atoms with Gasteiger partial charge in [0.1, 0.15) is 0 Å². The number of rotatable bonds is 4. The molecule has 0 aliphatic rings. The van der Waals surface area contributed by atoms with E-state index in [4.69, 9.17) is 4.74 Å². The van der Waals surface area contributed by atoms with Gasteiger partial charge in [-0.25, -0.2) is 9.97 Å². The number of hydrogen-bond acceptors (Lipinski definition) is 5. The Morgan fingerprint density at radius 2 is 2.11 bits per heavy atom. The molecule has 0 aromatic carbocycles. The lowest BCUT2D eigenvalue weighted by molar-refractivity contribution is 0.398. The number of anilines is 1. The van der Waals surface area contributed by atoms with Crippen LogP contribution in [-0.4, -0.2) is 30.1 Å². The Morgan fingerprint density at radius 3 is 2.61 bits per heavy atom. The minimum absolute atomic E-state index is 0.0409. The van der Waals surface area contributed by atoms with Crippen LogP contribution in [0.4, 0.5) is 5.69 Å². The molecule has 1 N–H and O–H groups in total. The number of nitrogens with zero attached hydrogens (tertiary/aromatic N) is 3. The van der Waals surface area contributed by atoms with Crippen LogP contribution in [-0.2, 0) is 17.1 Å². The van der Waals surface area contributed by atoms with Crippen molar-refractivity contribution in [2.24, 2.45) is 7.05 Å². The predicted octanol–water partition coefficient (Wildman–Crippen LogP) is 0.624. The molecule has 0 amide bonds. The van der Waals surface area contributed by atoms with E-state index in [1.165, 1.54) is 25.8 Å². The summed E-state index contributed by atoms with van der Waals surface area (Å²) in [6, 6.07) is 3.13. The highest BCUT2D eigenvalue weighted by molar-refractivity contribution is 7.92. The van der Waals surface area contributed by atoms with Gasteiger partial charge in [0.2, 0.25) is 5.88 Å². The van der Waals surface area contributed by atoms with Gasteiger partial charge in [-0.3, -0.25) is 4.72 Å². The molecule has 2 rings (SSSR count). The minimum atomic E-state index is -3.67. The van der Waals surface area contributed by atoms with Crippen molar-refractivity contribution in [3.05, 3.63) is 30.9 Å². The van der Waals surface area contributed by atoms with Crippen molar-refractivity contribution < 1.29 is 13.2 Å². The van der Waals surface area contributed by atoms with Crippen LogP contribution in [0.15, 0.2) is 35.9 Å². The first kappa shape index (κ1) is 12.4. The van der Waals surface area contributed by atoms with E-state index in [0.717, 1.165) is 0 Å². The Hall–Kier alpha value is -2.09. The third-order valence-electron chi connectivity index (χ3n) is 2.15. The van der Waals surface area contributed by atoms with E-state index < -0.39 is 10.0 Å². The molecule has 0 aliphatic carbocycles. The highest BCUT2D eigenvalue weighted by atomic mass is 32.2. The molecule has 0 spiro atoms. The van der Waals surface area contributed by atoms with Gasteiger partial charge < -0.3 is 9.30 Å². The molecular formula is C10H12N4O3S. The van der Waals surface area contributed by atoms with Crippen LogP contribution in [0.1, 0.15) is 0 Å². The van der Waals surface area contributed by atoms with Crippen LogP contribution in [0.2, 0.25) is 0 Å². The molecule has 7 nitrogen and oxygen atoms in total. The molecule has 0 fully saturated rings. The topological polar surface area (TPSA) is 86.1 Å². The predicted molar refractivity (Wildman–Crippen MR) is 64.8 cm³/mol. The second-order valence-electron chi connectivity index (χ2n) is 3.57. The molecule has 8 heteroatoms. The summed E-state index contributed by atoms with van der Waals surface area (Å²) in [6.45, 7) is 0. The van der Waals surface area contributed by atoms with E-state index in [9.17, 15) is 8.42 Å². The molecule has 0 saturated carbocycles.